The van der Waals surface area contributed by atoms with Crippen molar-refractivity contribution in [2.24, 2.45) is 0 Å². The highest BCUT2D eigenvalue weighted by Crippen LogP contribution is 2.34. The predicted molar refractivity (Wildman–Crippen MR) is 68.1 cm³/mol. The second-order valence-corrected chi connectivity index (χ2v) is 5.39. The molecule has 0 saturated heterocycles. The van der Waals surface area contributed by atoms with Gasteiger partial charge in [-0.15, -0.1) is 0 Å². The summed E-state index contributed by atoms with van der Waals surface area (Å²) in [7, 11) is 0. The molecule has 0 bridgehead atoms. The maximum Gasteiger partial charge on any atom is 0.143 e. The lowest BCUT2D eigenvalue weighted by Crippen LogP contribution is -2.15. The van der Waals surface area contributed by atoms with Crippen LogP contribution in [0.4, 0.5) is 0 Å². The summed E-state index contributed by atoms with van der Waals surface area (Å²) in [6.45, 7) is 2.02. The van der Waals surface area contributed by atoms with Crippen LogP contribution in [0.5, 0.6) is 5.75 Å². The molecule has 0 spiro atoms. The van der Waals surface area contributed by atoms with Crippen LogP contribution in [-0.2, 0) is 0 Å². The lowest BCUT2D eigenvalue weighted by molar-refractivity contribution is 0.399. The molecule has 1 aliphatic rings. The van der Waals surface area contributed by atoms with E-state index in [0.29, 0.717) is 6.42 Å². The van der Waals surface area contributed by atoms with Gasteiger partial charge < -0.3 is 4.74 Å². The second kappa shape index (κ2) is 4.52. The summed E-state index contributed by atoms with van der Waals surface area (Å²) in [5, 5.41) is 0. The zero-order valence-corrected chi connectivity index (χ0v) is 10.4. The third-order valence-electron chi connectivity index (χ3n) is 2.27. The highest BCUT2D eigenvalue weighted by Gasteiger charge is 2.25. The molecule has 2 rings (SSSR count). The predicted octanol–water partition coefficient (Wildman–Crippen LogP) is 4.39. The number of aryl methyl sites for hydroxylation is 1. The Morgan fingerprint density at radius 1 is 1.31 bits per heavy atom. The van der Waals surface area contributed by atoms with E-state index in [1.165, 1.54) is 0 Å². The molecule has 0 radical (unpaired) electrons. The summed E-state index contributed by atoms with van der Waals surface area (Å²) in [5.41, 5.74) is 1.16. The Hall–Kier alpha value is -0.920. The fourth-order valence-corrected chi connectivity index (χ4v) is 1.96. The quantitative estimate of drug-likeness (QED) is 0.712. The number of rotatable bonds is 2. The molecule has 1 aromatic rings. The Morgan fingerprint density at radius 3 is 2.81 bits per heavy atom. The minimum Gasteiger partial charge on any atom is -0.462 e. The van der Waals surface area contributed by atoms with Gasteiger partial charge in [-0.3, -0.25) is 0 Å². The zero-order valence-electron chi connectivity index (χ0n) is 8.91. The van der Waals surface area contributed by atoms with Crippen LogP contribution in [0.2, 0.25) is 0 Å². The maximum absolute atomic E-state index is 6.02. The van der Waals surface area contributed by atoms with Crippen LogP contribution < -0.4 is 4.74 Å². The molecule has 0 unspecified atom stereocenters. The SMILES string of the molecule is Cc1cccc(OC2=CC=CC(Cl)(Cl)C2)c1. The average Bonchev–Trinajstić information content (AvgIpc) is 2.15. The summed E-state index contributed by atoms with van der Waals surface area (Å²) < 4.78 is 4.86. The van der Waals surface area contributed by atoms with E-state index in [0.717, 1.165) is 17.1 Å². The first-order valence-electron chi connectivity index (χ1n) is 5.06. The summed E-state index contributed by atoms with van der Waals surface area (Å²) in [5.74, 6) is 1.59. The van der Waals surface area contributed by atoms with Crippen LogP contribution in [0.3, 0.4) is 0 Å². The third-order valence-corrected chi connectivity index (χ3v) is 2.79. The Labute approximate surface area is 105 Å². The van der Waals surface area contributed by atoms with Gasteiger partial charge in [-0.1, -0.05) is 41.4 Å². The van der Waals surface area contributed by atoms with Gasteiger partial charge in [0, 0.05) is 6.42 Å². The van der Waals surface area contributed by atoms with Crippen molar-refractivity contribution in [2.45, 2.75) is 17.7 Å². The van der Waals surface area contributed by atoms with Crippen molar-refractivity contribution >= 4 is 23.2 Å². The molecule has 0 atom stereocenters. The van der Waals surface area contributed by atoms with Gasteiger partial charge in [-0.25, -0.2) is 0 Å². The number of hydrogen-bond donors (Lipinski definition) is 0. The fraction of sp³-hybridized carbons (Fsp3) is 0.231. The number of hydrogen-bond acceptors (Lipinski definition) is 1. The molecule has 0 fully saturated rings. The topological polar surface area (TPSA) is 9.23 Å². The molecule has 1 nitrogen and oxygen atoms in total. The molecule has 0 N–H and O–H groups in total. The molecule has 0 saturated carbocycles. The highest BCUT2D eigenvalue weighted by atomic mass is 35.5. The molecule has 1 aliphatic carbocycles. The molecule has 0 aliphatic heterocycles. The summed E-state index contributed by atoms with van der Waals surface area (Å²) in [6, 6.07) is 7.87. The Morgan fingerprint density at radius 2 is 2.12 bits per heavy atom. The van der Waals surface area contributed by atoms with Crippen LogP contribution >= 0.6 is 23.2 Å². The monoisotopic (exact) mass is 254 g/mol. The van der Waals surface area contributed by atoms with E-state index in [1.807, 2.05) is 43.3 Å². The first-order chi connectivity index (χ1) is 7.55. The zero-order chi connectivity index (χ0) is 11.6. The molecule has 0 aromatic heterocycles. The van der Waals surface area contributed by atoms with Gasteiger partial charge in [0.25, 0.3) is 0 Å². The number of ether oxygens (including phenoxy) is 1. The Kier molecular flexibility index (Phi) is 3.27. The minimum absolute atomic E-state index is 0.487. The molecular formula is C13H12Cl2O. The van der Waals surface area contributed by atoms with Crippen molar-refractivity contribution in [1.29, 1.82) is 0 Å². The molecule has 16 heavy (non-hydrogen) atoms. The van der Waals surface area contributed by atoms with E-state index in [2.05, 4.69) is 0 Å². The van der Waals surface area contributed by atoms with Crippen molar-refractivity contribution in [3.05, 3.63) is 53.8 Å². The van der Waals surface area contributed by atoms with Gasteiger partial charge in [-0.2, -0.15) is 0 Å². The minimum atomic E-state index is -0.853. The van der Waals surface area contributed by atoms with Crippen molar-refractivity contribution in [1.82, 2.24) is 0 Å². The Bertz CT molecular complexity index is 447. The van der Waals surface area contributed by atoms with Crippen LogP contribution in [0.15, 0.2) is 48.3 Å². The van der Waals surface area contributed by atoms with Crippen molar-refractivity contribution in [3.63, 3.8) is 0 Å². The summed E-state index contributed by atoms with van der Waals surface area (Å²) in [6.07, 6.45) is 5.93. The highest BCUT2D eigenvalue weighted by molar-refractivity contribution is 6.50. The number of allylic oxidation sites excluding steroid dienone is 4. The fourth-order valence-electron chi connectivity index (χ4n) is 1.55. The first-order valence-corrected chi connectivity index (χ1v) is 5.81. The smallest absolute Gasteiger partial charge is 0.143 e. The van der Waals surface area contributed by atoms with Crippen LogP contribution in [0, 0.1) is 6.92 Å². The van der Waals surface area contributed by atoms with Crippen LogP contribution in [0.1, 0.15) is 12.0 Å². The van der Waals surface area contributed by atoms with E-state index < -0.39 is 4.33 Å². The normalized spacial score (nSPS) is 18.1. The lowest BCUT2D eigenvalue weighted by atomic mass is 10.1. The van der Waals surface area contributed by atoms with Gasteiger partial charge >= 0.3 is 0 Å². The number of benzene rings is 1. The molecule has 0 heterocycles. The van der Waals surface area contributed by atoms with Gasteiger partial charge in [0.15, 0.2) is 0 Å². The number of alkyl halides is 2. The molecule has 3 heteroatoms. The summed E-state index contributed by atoms with van der Waals surface area (Å²) >= 11 is 12.0. The van der Waals surface area contributed by atoms with Crippen molar-refractivity contribution < 1.29 is 4.74 Å². The summed E-state index contributed by atoms with van der Waals surface area (Å²) in [4.78, 5) is 0. The standard InChI is InChI=1S/C13H12Cl2O/c1-10-4-2-5-11(8-10)16-12-6-3-7-13(14,15)9-12/h2-8H,9H2,1H3. The maximum atomic E-state index is 6.02. The third kappa shape index (κ3) is 3.03. The van der Waals surface area contributed by atoms with E-state index in [-0.39, 0.29) is 0 Å². The van der Waals surface area contributed by atoms with Gasteiger partial charge in [0.05, 0.1) is 0 Å². The molecular weight excluding hydrogens is 243 g/mol. The van der Waals surface area contributed by atoms with Gasteiger partial charge in [-0.05, 0) is 36.8 Å². The second-order valence-electron chi connectivity index (χ2n) is 3.85. The molecule has 1 aromatic carbocycles. The molecule has 84 valence electrons. The average molecular weight is 255 g/mol. The van der Waals surface area contributed by atoms with E-state index in [4.69, 9.17) is 27.9 Å². The van der Waals surface area contributed by atoms with Crippen LogP contribution in [0.25, 0.3) is 0 Å². The van der Waals surface area contributed by atoms with Crippen molar-refractivity contribution in [2.75, 3.05) is 0 Å². The Balaban J connectivity index is 2.11. The van der Waals surface area contributed by atoms with Crippen molar-refractivity contribution in [3.8, 4) is 5.75 Å². The lowest BCUT2D eigenvalue weighted by Gasteiger charge is -2.20. The van der Waals surface area contributed by atoms with E-state index in [1.54, 1.807) is 6.08 Å². The largest absolute Gasteiger partial charge is 0.462 e. The molecule has 0 amide bonds. The van der Waals surface area contributed by atoms with E-state index in [9.17, 15) is 0 Å². The first kappa shape index (κ1) is 11.6. The number of halogens is 2. The van der Waals surface area contributed by atoms with E-state index >= 15 is 0 Å². The van der Waals surface area contributed by atoms with Crippen LogP contribution in [-0.4, -0.2) is 4.33 Å². The van der Waals surface area contributed by atoms with Gasteiger partial charge in [0.1, 0.15) is 15.8 Å². The van der Waals surface area contributed by atoms with Gasteiger partial charge in [0.2, 0.25) is 0 Å².